The minimum atomic E-state index is -0.465. The summed E-state index contributed by atoms with van der Waals surface area (Å²) in [6, 6.07) is 6.21. The highest BCUT2D eigenvalue weighted by molar-refractivity contribution is 7.98. The summed E-state index contributed by atoms with van der Waals surface area (Å²) in [5.74, 6) is 0.518. The first-order valence-corrected chi connectivity index (χ1v) is 11.8. The predicted molar refractivity (Wildman–Crippen MR) is 120 cm³/mol. The summed E-state index contributed by atoms with van der Waals surface area (Å²) < 4.78 is 6.99. The van der Waals surface area contributed by atoms with Gasteiger partial charge >= 0.3 is 5.63 Å². The Kier molecular flexibility index (Phi) is 4.91. The van der Waals surface area contributed by atoms with E-state index in [1.165, 1.54) is 34.3 Å². The lowest BCUT2D eigenvalue weighted by Crippen LogP contribution is -2.23. The highest BCUT2D eigenvalue weighted by Gasteiger charge is 2.23. The number of benzene rings is 1. The molecule has 1 aromatic carbocycles. The van der Waals surface area contributed by atoms with Crippen LogP contribution in [0.5, 0.6) is 5.75 Å². The third-order valence-corrected chi connectivity index (χ3v) is 7.62. The molecule has 30 heavy (non-hydrogen) atoms. The maximum absolute atomic E-state index is 13.3. The Morgan fingerprint density at radius 1 is 1.27 bits per heavy atom. The average Bonchev–Trinajstić information content (AvgIpc) is 3.29. The highest BCUT2D eigenvalue weighted by atomic mass is 32.2. The van der Waals surface area contributed by atoms with Crippen molar-refractivity contribution in [1.29, 1.82) is 0 Å². The quantitative estimate of drug-likeness (QED) is 0.280. The Morgan fingerprint density at radius 3 is 2.97 bits per heavy atom. The van der Waals surface area contributed by atoms with Crippen LogP contribution in [0.4, 0.5) is 0 Å². The second-order valence-corrected chi connectivity index (χ2v) is 9.47. The Hall–Kier alpha value is -2.58. The van der Waals surface area contributed by atoms with Crippen molar-refractivity contribution in [3.63, 3.8) is 0 Å². The molecular weight excluding hydrogens is 420 g/mol. The van der Waals surface area contributed by atoms with Crippen LogP contribution in [-0.4, -0.2) is 14.7 Å². The molecule has 0 amide bonds. The van der Waals surface area contributed by atoms with Crippen molar-refractivity contribution in [2.75, 3.05) is 0 Å². The van der Waals surface area contributed by atoms with E-state index in [4.69, 9.17) is 9.40 Å². The van der Waals surface area contributed by atoms with Crippen LogP contribution in [0.1, 0.15) is 35.8 Å². The zero-order valence-electron chi connectivity index (χ0n) is 16.4. The van der Waals surface area contributed by atoms with E-state index in [2.05, 4.69) is 0 Å². The number of thiophene rings is 1. The molecule has 3 aromatic heterocycles. The average molecular weight is 441 g/mol. The van der Waals surface area contributed by atoms with E-state index >= 15 is 0 Å². The Balaban J connectivity index is 1.58. The molecule has 0 unspecified atom stereocenters. The van der Waals surface area contributed by atoms with Gasteiger partial charge in [0.15, 0.2) is 5.16 Å². The molecule has 0 radical (unpaired) electrons. The number of hydrogen-bond acceptors (Lipinski definition) is 7. The molecular formula is C22H20N2O4S2. The predicted octanol–water partition coefficient (Wildman–Crippen LogP) is 4.46. The van der Waals surface area contributed by atoms with Gasteiger partial charge in [0.05, 0.1) is 5.39 Å². The number of aryl methyl sites for hydroxylation is 2. The van der Waals surface area contributed by atoms with Gasteiger partial charge in [-0.15, -0.1) is 11.3 Å². The number of aromatic nitrogens is 2. The van der Waals surface area contributed by atoms with Gasteiger partial charge in [0.1, 0.15) is 16.2 Å². The Labute approximate surface area is 180 Å². The molecule has 0 spiro atoms. The first-order valence-electron chi connectivity index (χ1n) is 9.98. The van der Waals surface area contributed by atoms with E-state index < -0.39 is 5.63 Å². The fourth-order valence-corrected chi connectivity index (χ4v) is 6.39. The molecule has 0 aliphatic heterocycles. The van der Waals surface area contributed by atoms with E-state index in [0.29, 0.717) is 23.0 Å². The van der Waals surface area contributed by atoms with E-state index in [9.17, 15) is 14.7 Å². The summed E-state index contributed by atoms with van der Waals surface area (Å²) in [5.41, 5.74) is 1.92. The lowest BCUT2D eigenvalue weighted by atomic mass is 10.1. The van der Waals surface area contributed by atoms with Gasteiger partial charge in [-0.05, 0) is 48.9 Å². The van der Waals surface area contributed by atoms with Crippen LogP contribution >= 0.6 is 23.1 Å². The van der Waals surface area contributed by atoms with Gasteiger partial charge in [0.25, 0.3) is 5.56 Å². The van der Waals surface area contributed by atoms with Crippen LogP contribution < -0.4 is 11.2 Å². The van der Waals surface area contributed by atoms with E-state index in [-0.39, 0.29) is 11.3 Å². The van der Waals surface area contributed by atoms with Crippen LogP contribution in [0.3, 0.4) is 0 Å². The van der Waals surface area contributed by atoms with Gasteiger partial charge in [0, 0.05) is 34.7 Å². The SMILES string of the molecule is CCCn1c(SCc2cc(=O)oc3cc(O)ccc23)nc2sc3c(c2c1=O)CCC3. The zero-order chi connectivity index (χ0) is 20.8. The fourth-order valence-electron chi connectivity index (χ4n) is 4.07. The standard InChI is InChI=1S/C22H20N2O4S2/c1-2-8-24-21(27)19-15-4-3-5-17(15)30-20(19)23-22(24)29-11-12-9-18(26)28-16-10-13(25)6-7-14(12)16/h6-7,9-10,25H,2-5,8,11H2,1H3. The summed E-state index contributed by atoms with van der Waals surface area (Å²) in [5, 5.41) is 11.9. The Bertz CT molecular complexity index is 1400. The van der Waals surface area contributed by atoms with Gasteiger partial charge in [-0.25, -0.2) is 9.78 Å². The molecule has 0 fully saturated rings. The number of hydrogen-bond donors (Lipinski definition) is 1. The molecule has 0 bridgehead atoms. The lowest BCUT2D eigenvalue weighted by Gasteiger charge is -2.12. The third kappa shape index (κ3) is 3.24. The first kappa shape index (κ1) is 19.4. The minimum absolute atomic E-state index is 0.0464. The van der Waals surface area contributed by atoms with Crippen LogP contribution in [0, 0.1) is 0 Å². The number of fused-ring (bicyclic) bond motifs is 4. The molecule has 0 atom stereocenters. The van der Waals surface area contributed by atoms with Crippen molar-refractivity contribution in [3.8, 4) is 5.75 Å². The number of phenolic OH excluding ortho intramolecular Hbond substituents is 1. The molecule has 154 valence electrons. The summed E-state index contributed by atoms with van der Waals surface area (Å²) in [6.07, 6.45) is 3.94. The number of aromatic hydroxyl groups is 1. The molecule has 1 aliphatic carbocycles. The summed E-state index contributed by atoms with van der Waals surface area (Å²) in [4.78, 5) is 32.2. The normalized spacial score (nSPS) is 13.4. The van der Waals surface area contributed by atoms with Gasteiger partial charge in [-0.3, -0.25) is 9.36 Å². The van der Waals surface area contributed by atoms with Crippen molar-refractivity contribution >= 4 is 44.3 Å². The van der Waals surface area contributed by atoms with Crippen molar-refractivity contribution < 1.29 is 9.52 Å². The largest absolute Gasteiger partial charge is 0.508 e. The molecule has 3 heterocycles. The van der Waals surface area contributed by atoms with E-state index in [1.54, 1.807) is 28.0 Å². The van der Waals surface area contributed by atoms with Gasteiger partial charge < -0.3 is 9.52 Å². The monoisotopic (exact) mass is 440 g/mol. The number of nitrogens with zero attached hydrogens (tertiary/aromatic N) is 2. The van der Waals surface area contributed by atoms with Gasteiger partial charge in [-0.2, -0.15) is 0 Å². The molecule has 0 saturated heterocycles. The van der Waals surface area contributed by atoms with Crippen LogP contribution in [0.25, 0.3) is 21.2 Å². The molecule has 8 heteroatoms. The maximum Gasteiger partial charge on any atom is 0.336 e. The molecule has 0 saturated carbocycles. The van der Waals surface area contributed by atoms with Gasteiger partial charge in [-0.1, -0.05) is 18.7 Å². The van der Waals surface area contributed by atoms with Crippen LogP contribution in [0.15, 0.2) is 43.4 Å². The maximum atomic E-state index is 13.3. The van der Waals surface area contributed by atoms with Crippen molar-refractivity contribution in [1.82, 2.24) is 9.55 Å². The summed E-state index contributed by atoms with van der Waals surface area (Å²) in [7, 11) is 0. The zero-order valence-corrected chi connectivity index (χ0v) is 18.1. The van der Waals surface area contributed by atoms with E-state index in [1.807, 2.05) is 6.92 Å². The van der Waals surface area contributed by atoms with Crippen LogP contribution in [0.2, 0.25) is 0 Å². The second-order valence-electron chi connectivity index (χ2n) is 7.45. The second kappa shape index (κ2) is 7.59. The first-order chi connectivity index (χ1) is 14.5. The summed E-state index contributed by atoms with van der Waals surface area (Å²) in [6.45, 7) is 2.66. The van der Waals surface area contributed by atoms with Crippen LogP contribution in [-0.2, 0) is 25.1 Å². The van der Waals surface area contributed by atoms with Crippen molar-refractivity contribution in [2.45, 2.75) is 50.1 Å². The summed E-state index contributed by atoms with van der Waals surface area (Å²) >= 11 is 3.09. The molecule has 5 rings (SSSR count). The third-order valence-electron chi connectivity index (χ3n) is 5.41. The molecule has 6 nitrogen and oxygen atoms in total. The van der Waals surface area contributed by atoms with Crippen molar-refractivity contribution in [3.05, 3.63) is 61.0 Å². The number of phenols is 1. The molecule has 1 N–H and O–H groups in total. The fraction of sp³-hybridized carbons (Fsp3) is 0.318. The number of thioether (sulfide) groups is 1. The number of rotatable bonds is 5. The topological polar surface area (TPSA) is 85.3 Å². The van der Waals surface area contributed by atoms with Crippen molar-refractivity contribution in [2.24, 2.45) is 0 Å². The highest BCUT2D eigenvalue weighted by Crippen LogP contribution is 2.36. The minimum Gasteiger partial charge on any atom is -0.508 e. The molecule has 4 aromatic rings. The van der Waals surface area contributed by atoms with E-state index in [0.717, 1.165) is 46.8 Å². The Morgan fingerprint density at radius 2 is 2.13 bits per heavy atom. The van der Waals surface area contributed by atoms with Gasteiger partial charge in [0.2, 0.25) is 0 Å². The smallest absolute Gasteiger partial charge is 0.336 e. The molecule has 1 aliphatic rings. The lowest BCUT2D eigenvalue weighted by molar-refractivity contribution is 0.473.